The summed E-state index contributed by atoms with van der Waals surface area (Å²) >= 11 is 0. The molecule has 0 saturated carbocycles. The fraction of sp³-hybridized carbons (Fsp3) is 0.217. The summed E-state index contributed by atoms with van der Waals surface area (Å²) in [5, 5.41) is 0. The lowest BCUT2D eigenvalue weighted by Crippen LogP contribution is -2.19. The number of aryl methyl sites for hydroxylation is 1. The molecule has 0 amide bonds. The molecule has 0 aromatic heterocycles. The number of hydrogen-bond donors (Lipinski definition) is 0. The van der Waals surface area contributed by atoms with E-state index in [1.54, 1.807) is 11.1 Å². The van der Waals surface area contributed by atoms with Crippen molar-refractivity contribution in [1.82, 2.24) is 0 Å². The second-order valence-corrected chi connectivity index (χ2v) is 7.34. The normalized spacial score (nSPS) is 16.3. The van der Waals surface area contributed by atoms with Crippen molar-refractivity contribution in [2.45, 2.75) is 32.1 Å². The zero-order valence-corrected chi connectivity index (χ0v) is 13.7. The first kappa shape index (κ1) is 13.1. The van der Waals surface area contributed by atoms with E-state index < -0.39 is 0 Å². The number of hydrogen-bond acceptors (Lipinski definition) is 0. The fourth-order valence-corrected chi connectivity index (χ4v) is 4.76. The maximum Gasteiger partial charge on any atom is 0.0161 e. The van der Waals surface area contributed by atoms with E-state index in [4.69, 9.17) is 0 Å². The van der Waals surface area contributed by atoms with Crippen molar-refractivity contribution in [3.8, 4) is 22.3 Å². The van der Waals surface area contributed by atoms with Crippen LogP contribution in [0.3, 0.4) is 0 Å². The van der Waals surface area contributed by atoms with Crippen molar-refractivity contribution in [3.63, 3.8) is 0 Å². The first-order chi connectivity index (χ1) is 11.2. The SMILES string of the molecule is CC1(C)c2ccccc2-c2ccc3c(c21)CCc1ccccc1-3. The molecule has 0 spiro atoms. The van der Waals surface area contributed by atoms with Crippen molar-refractivity contribution in [2.75, 3.05) is 0 Å². The molecular weight excluding hydrogens is 276 g/mol. The Bertz CT molecular complexity index is 944. The predicted molar refractivity (Wildman–Crippen MR) is 96.9 cm³/mol. The highest BCUT2D eigenvalue weighted by molar-refractivity contribution is 5.87. The Hall–Kier alpha value is -2.34. The van der Waals surface area contributed by atoms with Gasteiger partial charge < -0.3 is 0 Å². The summed E-state index contributed by atoms with van der Waals surface area (Å²) in [6.45, 7) is 4.77. The average molecular weight is 296 g/mol. The summed E-state index contributed by atoms with van der Waals surface area (Å²) in [7, 11) is 0. The standard InChI is InChI=1S/C23H20/c1-23(2)21-10-6-5-9-18(21)20-14-13-17-16-8-4-3-7-15(16)11-12-19(17)22(20)23/h3-10,13-14H,11-12H2,1-2H3. The van der Waals surface area contributed by atoms with Crippen LogP contribution in [0.2, 0.25) is 0 Å². The Morgan fingerprint density at radius 1 is 0.652 bits per heavy atom. The molecule has 2 aliphatic carbocycles. The highest BCUT2D eigenvalue weighted by Gasteiger charge is 2.38. The van der Waals surface area contributed by atoms with Crippen LogP contribution < -0.4 is 0 Å². The number of rotatable bonds is 0. The summed E-state index contributed by atoms with van der Waals surface area (Å²) in [4.78, 5) is 0. The van der Waals surface area contributed by atoms with Gasteiger partial charge in [0.1, 0.15) is 0 Å². The third kappa shape index (κ3) is 1.61. The van der Waals surface area contributed by atoms with E-state index in [-0.39, 0.29) is 5.41 Å². The zero-order valence-electron chi connectivity index (χ0n) is 13.7. The Morgan fingerprint density at radius 3 is 2.22 bits per heavy atom. The van der Waals surface area contributed by atoms with Gasteiger partial charge in [-0.2, -0.15) is 0 Å². The molecule has 0 bridgehead atoms. The van der Waals surface area contributed by atoms with Gasteiger partial charge in [-0.05, 0) is 57.3 Å². The Kier molecular flexibility index (Phi) is 2.48. The zero-order chi connectivity index (χ0) is 15.6. The van der Waals surface area contributed by atoms with E-state index in [1.165, 1.54) is 33.4 Å². The van der Waals surface area contributed by atoms with Gasteiger partial charge in [0, 0.05) is 5.41 Å². The monoisotopic (exact) mass is 296 g/mol. The minimum atomic E-state index is 0.101. The van der Waals surface area contributed by atoms with Gasteiger partial charge in [0.25, 0.3) is 0 Å². The van der Waals surface area contributed by atoms with Crippen LogP contribution >= 0.6 is 0 Å². The second kappa shape index (κ2) is 4.35. The summed E-state index contributed by atoms with van der Waals surface area (Å²) < 4.78 is 0. The minimum Gasteiger partial charge on any atom is -0.0620 e. The van der Waals surface area contributed by atoms with Crippen LogP contribution in [0, 0.1) is 0 Å². The molecule has 3 aromatic rings. The Balaban J connectivity index is 1.85. The van der Waals surface area contributed by atoms with Crippen molar-refractivity contribution >= 4 is 0 Å². The lowest BCUT2D eigenvalue weighted by Gasteiger charge is -2.29. The third-order valence-corrected chi connectivity index (χ3v) is 5.78. The van der Waals surface area contributed by atoms with Crippen molar-refractivity contribution < 1.29 is 0 Å². The molecule has 0 N–H and O–H groups in total. The maximum absolute atomic E-state index is 2.39. The van der Waals surface area contributed by atoms with Gasteiger partial charge in [-0.1, -0.05) is 74.5 Å². The molecule has 0 radical (unpaired) electrons. The molecular formula is C23H20. The van der Waals surface area contributed by atoms with Crippen LogP contribution in [0.5, 0.6) is 0 Å². The van der Waals surface area contributed by atoms with Crippen LogP contribution in [-0.2, 0) is 18.3 Å². The summed E-state index contributed by atoms with van der Waals surface area (Å²) in [6.07, 6.45) is 2.32. The van der Waals surface area contributed by atoms with Crippen molar-refractivity contribution in [3.05, 3.63) is 82.9 Å². The molecule has 0 heterocycles. The fourth-order valence-electron chi connectivity index (χ4n) is 4.76. The lowest BCUT2D eigenvalue weighted by molar-refractivity contribution is 0.649. The Morgan fingerprint density at radius 2 is 1.35 bits per heavy atom. The molecule has 2 aliphatic rings. The van der Waals surface area contributed by atoms with E-state index in [1.807, 2.05) is 0 Å². The summed E-state index contributed by atoms with van der Waals surface area (Å²) in [6, 6.07) is 22.5. The lowest BCUT2D eigenvalue weighted by atomic mass is 9.75. The van der Waals surface area contributed by atoms with Gasteiger partial charge in [-0.3, -0.25) is 0 Å². The second-order valence-electron chi connectivity index (χ2n) is 7.34. The van der Waals surface area contributed by atoms with Gasteiger partial charge in [0.2, 0.25) is 0 Å². The first-order valence-electron chi connectivity index (χ1n) is 8.52. The van der Waals surface area contributed by atoms with Crippen LogP contribution in [0.4, 0.5) is 0 Å². The maximum atomic E-state index is 2.39. The molecule has 112 valence electrons. The highest BCUT2D eigenvalue weighted by atomic mass is 14.4. The van der Waals surface area contributed by atoms with E-state index >= 15 is 0 Å². The van der Waals surface area contributed by atoms with Crippen LogP contribution in [0.1, 0.15) is 36.1 Å². The quantitative estimate of drug-likeness (QED) is 0.495. The predicted octanol–water partition coefficient (Wildman–Crippen LogP) is 5.76. The molecule has 0 saturated heterocycles. The van der Waals surface area contributed by atoms with E-state index in [0.717, 1.165) is 12.8 Å². The molecule has 0 atom stereocenters. The van der Waals surface area contributed by atoms with E-state index in [2.05, 4.69) is 74.5 Å². The Labute approximate surface area is 137 Å². The van der Waals surface area contributed by atoms with Crippen LogP contribution in [0.15, 0.2) is 60.7 Å². The molecule has 5 rings (SSSR count). The first-order valence-corrected chi connectivity index (χ1v) is 8.52. The average Bonchev–Trinajstić information content (AvgIpc) is 2.83. The number of fused-ring (bicyclic) bond motifs is 7. The molecule has 0 nitrogen and oxygen atoms in total. The van der Waals surface area contributed by atoms with Gasteiger partial charge in [0.05, 0.1) is 0 Å². The number of benzene rings is 3. The minimum absolute atomic E-state index is 0.101. The molecule has 0 fully saturated rings. The van der Waals surface area contributed by atoms with E-state index in [9.17, 15) is 0 Å². The molecule has 0 heteroatoms. The molecule has 3 aromatic carbocycles. The smallest absolute Gasteiger partial charge is 0.0161 e. The summed E-state index contributed by atoms with van der Waals surface area (Å²) in [5.74, 6) is 0. The summed E-state index contributed by atoms with van der Waals surface area (Å²) in [5.41, 5.74) is 12.0. The molecule has 0 aliphatic heterocycles. The molecule has 23 heavy (non-hydrogen) atoms. The van der Waals surface area contributed by atoms with Gasteiger partial charge >= 0.3 is 0 Å². The van der Waals surface area contributed by atoms with Crippen molar-refractivity contribution in [1.29, 1.82) is 0 Å². The highest BCUT2D eigenvalue weighted by Crippen LogP contribution is 2.52. The van der Waals surface area contributed by atoms with Crippen LogP contribution in [-0.4, -0.2) is 0 Å². The van der Waals surface area contributed by atoms with Crippen molar-refractivity contribution in [2.24, 2.45) is 0 Å². The topological polar surface area (TPSA) is 0 Å². The van der Waals surface area contributed by atoms with E-state index in [0.29, 0.717) is 0 Å². The third-order valence-electron chi connectivity index (χ3n) is 5.78. The van der Waals surface area contributed by atoms with Gasteiger partial charge in [-0.15, -0.1) is 0 Å². The largest absolute Gasteiger partial charge is 0.0620 e. The van der Waals surface area contributed by atoms with Gasteiger partial charge in [-0.25, -0.2) is 0 Å². The molecule has 0 unspecified atom stereocenters. The van der Waals surface area contributed by atoms with Crippen LogP contribution in [0.25, 0.3) is 22.3 Å². The van der Waals surface area contributed by atoms with Gasteiger partial charge in [0.15, 0.2) is 0 Å².